The van der Waals surface area contributed by atoms with Crippen molar-refractivity contribution in [2.24, 2.45) is 13.0 Å². The molecule has 5 heteroatoms. The van der Waals surface area contributed by atoms with Crippen molar-refractivity contribution >= 4 is 11.9 Å². The number of ketones is 1. The molecule has 0 atom stereocenters. The van der Waals surface area contributed by atoms with Gasteiger partial charge in [0, 0.05) is 32.3 Å². The number of likely N-dealkylation sites (tertiary alicyclic amines) is 1. The number of carbonyl (C=O) groups excluding carboxylic acids is 2. The molecule has 1 saturated heterocycles. The van der Waals surface area contributed by atoms with E-state index in [1.165, 1.54) is 0 Å². The van der Waals surface area contributed by atoms with Crippen molar-refractivity contribution in [3.63, 3.8) is 0 Å². The average molecular weight is 292 g/mol. The Morgan fingerprint density at radius 2 is 1.86 bits per heavy atom. The van der Waals surface area contributed by atoms with Crippen LogP contribution in [0.3, 0.4) is 0 Å². The maximum atomic E-state index is 12.4. The van der Waals surface area contributed by atoms with Crippen LogP contribution in [0.15, 0.2) is 18.3 Å². The average Bonchev–Trinajstić information content (AvgIpc) is 2.82. The highest BCUT2D eigenvalue weighted by Crippen LogP contribution is 2.23. The van der Waals surface area contributed by atoms with Crippen molar-refractivity contribution in [2.75, 3.05) is 13.1 Å². The normalized spacial score (nSPS) is 16.9. The predicted octanol–water partition coefficient (Wildman–Crippen LogP) is 2.85. The monoisotopic (exact) mass is 292 g/mol. The Morgan fingerprint density at radius 3 is 2.33 bits per heavy atom. The van der Waals surface area contributed by atoms with Crippen LogP contribution in [0.25, 0.3) is 0 Å². The molecule has 1 aliphatic rings. The molecule has 0 aliphatic carbocycles. The number of rotatable bonds is 2. The van der Waals surface area contributed by atoms with Crippen LogP contribution in [-0.4, -0.2) is 40.0 Å². The highest BCUT2D eigenvalue weighted by molar-refractivity contribution is 5.96. The first-order chi connectivity index (χ1) is 9.78. The van der Waals surface area contributed by atoms with Crippen molar-refractivity contribution in [1.29, 1.82) is 0 Å². The van der Waals surface area contributed by atoms with Crippen molar-refractivity contribution < 1.29 is 14.3 Å². The molecule has 0 N–H and O–H groups in total. The van der Waals surface area contributed by atoms with Gasteiger partial charge in [0.15, 0.2) is 5.78 Å². The maximum absolute atomic E-state index is 12.4. The number of hydrogen-bond acceptors (Lipinski definition) is 3. The van der Waals surface area contributed by atoms with Gasteiger partial charge in [0.1, 0.15) is 5.60 Å². The topological polar surface area (TPSA) is 51.5 Å². The maximum Gasteiger partial charge on any atom is 0.410 e. The Bertz CT molecular complexity index is 520. The van der Waals surface area contributed by atoms with Gasteiger partial charge in [-0.3, -0.25) is 4.79 Å². The molecular formula is C16H24N2O3. The lowest BCUT2D eigenvalue weighted by atomic mass is 9.91. The molecule has 1 aromatic heterocycles. The molecule has 1 fully saturated rings. The van der Waals surface area contributed by atoms with Crippen molar-refractivity contribution in [3.8, 4) is 0 Å². The molecule has 0 spiro atoms. The summed E-state index contributed by atoms with van der Waals surface area (Å²) >= 11 is 0. The minimum atomic E-state index is -0.479. The molecule has 0 unspecified atom stereocenters. The summed E-state index contributed by atoms with van der Waals surface area (Å²) in [7, 11) is 1.88. The van der Waals surface area contributed by atoms with Crippen molar-refractivity contribution in [2.45, 2.75) is 39.2 Å². The third-order valence-electron chi connectivity index (χ3n) is 3.71. The van der Waals surface area contributed by atoms with Crippen LogP contribution in [0.5, 0.6) is 0 Å². The SMILES string of the molecule is Cn1cccc1C(=O)C1CCN(C(=O)OC(C)(C)C)CC1. The molecule has 0 saturated carbocycles. The number of amides is 1. The lowest BCUT2D eigenvalue weighted by Crippen LogP contribution is -2.43. The molecule has 1 aliphatic heterocycles. The molecular weight excluding hydrogens is 268 g/mol. The number of aryl methyl sites for hydroxylation is 1. The first-order valence-corrected chi connectivity index (χ1v) is 7.41. The third-order valence-corrected chi connectivity index (χ3v) is 3.71. The third kappa shape index (κ3) is 3.86. The van der Waals surface area contributed by atoms with Gasteiger partial charge >= 0.3 is 6.09 Å². The molecule has 5 nitrogen and oxygen atoms in total. The number of ether oxygens (including phenoxy) is 1. The summed E-state index contributed by atoms with van der Waals surface area (Å²) in [6, 6.07) is 3.73. The fourth-order valence-electron chi connectivity index (χ4n) is 2.58. The van der Waals surface area contributed by atoms with Crippen molar-refractivity contribution in [3.05, 3.63) is 24.0 Å². The molecule has 0 bridgehead atoms. The fourth-order valence-corrected chi connectivity index (χ4v) is 2.58. The lowest BCUT2D eigenvalue weighted by molar-refractivity contribution is 0.0182. The molecule has 0 radical (unpaired) electrons. The van der Waals surface area contributed by atoms with Crippen LogP contribution in [0, 0.1) is 5.92 Å². The summed E-state index contributed by atoms with van der Waals surface area (Å²) in [6.45, 7) is 6.73. The minimum absolute atomic E-state index is 0.00251. The van der Waals surface area contributed by atoms with E-state index in [1.54, 1.807) is 4.90 Å². The molecule has 21 heavy (non-hydrogen) atoms. The Hall–Kier alpha value is -1.78. The number of carbonyl (C=O) groups is 2. The smallest absolute Gasteiger partial charge is 0.410 e. The fraction of sp³-hybridized carbons (Fsp3) is 0.625. The zero-order chi connectivity index (χ0) is 15.6. The Kier molecular flexibility index (Phi) is 4.40. The Labute approximate surface area is 125 Å². The second kappa shape index (κ2) is 5.92. The summed E-state index contributed by atoms with van der Waals surface area (Å²) < 4.78 is 7.21. The van der Waals surface area contributed by atoms with Crippen LogP contribution < -0.4 is 0 Å². The van der Waals surface area contributed by atoms with E-state index in [1.807, 2.05) is 50.7 Å². The molecule has 2 heterocycles. The van der Waals surface area contributed by atoms with Gasteiger partial charge in [-0.15, -0.1) is 0 Å². The van der Waals surface area contributed by atoms with E-state index in [4.69, 9.17) is 4.74 Å². The van der Waals surface area contributed by atoms with E-state index >= 15 is 0 Å². The number of hydrogen-bond donors (Lipinski definition) is 0. The van der Waals surface area contributed by atoms with Gasteiger partial charge in [-0.1, -0.05) is 0 Å². The summed E-state index contributed by atoms with van der Waals surface area (Å²) in [5, 5.41) is 0. The van der Waals surface area contributed by atoms with Crippen LogP contribution in [0.1, 0.15) is 44.1 Å². The largest absolute Gasteiger partial charge is 0.444 e. The summed E-state index contributed by atoms with van der Waals surface area (Å²) in [5.41, 5.74) is 0.262. The van der Waals surface area contributed by atoms with Gasteiger partial charge < -0.3 is 14.2 Å². The molecule has 1 amide bonds. The van der Waals surface area contributed by atoms with E-state index in [0.717, 1.165) is 5.69 Å². The Morgan fingerprint density at radius 1 is 1.24 bits per heavy atom. The van der Waals surface area contributed by atoms with Crippen LogP contribution in [0.4, 0.5) is 4.79 Å². The number of piperidine rings is 1. The van der Waals surface area contributed by atoms with E-state index in [-0.39, 0.29) is 17.8 Å². The second-order valence-electron chi connectivity index (χ2n) is 6.61. The number of nitrogens with zero attached hydrogens (tertiary/aromatic N) is 2. The van der Waals surface area contributed by atoms with Crippen LogP contribution in [-0.2, 0) is 11.8 Å². The first-order valence-electron chi connectivity index (χ1n) is 7.41. The standard InChI is InChI=1S/C16H24N2O3/c1-16(2,3)21-15(20)18-10-7-12(8-11-18)14(19)13-6-5-9-17(13)4/h5-6,9,12H,7-8,10-11H2,1-4H3. The summed E-state index contributed by atoms with van der Waals surface area (Å²) in [5.74, 6) is 0.170. The second-order valence-corrected chi connectivity index (χ2v) is 6.61. The highest BCUT2D eigenvalue weighted by Gasteiger charge is 2.30. The van der Waals surface area contributed by atoms with Gasteiger partial charge in [0.25, 0.3) is 0 Å². The van der Waals surface area contributed by atoms with E-state index in [9.17, 15) is 9.59 Å². The molecule has 1 aromatic rings. The lowest BCUT2D eigenvalue weighted by Gasteiger charge is -2.32. The summed E-state index contributed by atoms with van der Waals surface area (Å²) in [4.78, 5) is 26.1. The predicted molar refractivity (Wildman–Crippen MR) is 80.3 cm³/mol. The first kappa shape index (κ1) is 15.6. The quantitative estimate of drug-likeness (QED) is 0.788. The zero-order valence-electron chi connectivity index (χ0n) is 13.3. The van der Waals surface area contributed by atoms with Crippen molar-refractivity contribution in [1.82, 2.24) is 9.47 Å². The van der Waals surface area contributed by atoms with E-state index < -0.39 is 5.60 Å². The van der Waals surface area contributed by atoms with Gasteiger partial charge in [0.05, 0.1) is 5.69 Å². The van der Waals surface area contributed by atoms with Crippen LogP contribution >= 0.6 is 0 Å². The van der Waals surface area contributed by atoms with E-state index in [2.05, 4.69) is 0 Å². The van der Waals surface area contributed by atoms with Gasteiger partial charge in [-0.25, -0.2) is 4.79 Å². The van der Waals surface area contributed by atoms with E-state index in [0.29, 0.717) is 25.9 Å². The molecule has 0 aromatic carbocycles. The van der Waals surface area contributed by atoms with Gasteiger partial charge in [-0.05, 0) is 45.7 Å². The number of Topliss-reactive ketones (excluding diaryl/α,β-unsaturated/α-hetero) is 1. The summed E-state index contributed by atoms with van der Waals surface area (Å²) in [6.07, 6.45) is 2.99. The van der Waals surface area contributed by atoms with Gasteiger partial charge in [-0.2, -0.15) is 0 Å². The molecule has 116 valence electrons. The van der Waals surface area contributed by atoms with Crippen LogP contribution in [0.2, 0.25) is 0 Å². The zero-order valence-corrected chi connectivity index (χ0v) is 13.3. The minimum Gasteiger partial charge on any atom is -0.444 e. The highest BCUT2D eigenvalue weighted by atomic mass is 16.6. The Balaban J connectivity index is 1.90. The molecule has 2 rings (SSSR count). The van der Waals surface area contributed by atoms with Gasteiger partial charge in [0.2, 0.25) is 0 Å². The number of aromatic nitrogens is 1.